The Bertz CT molecular complexity index is 504. The van der Waals surface area contributed by atoms with Gasteiger partial charge in [-0.05, 0) is 30.7 Å². The van der Waals surface area contributed by atoms with Gasteiger partial charge in [-0.15, -0.1) is 0 Å². The Labute approximate surface area is 113 Å². The lowest BCUT2D eigenvalue weighted by Gasteiger charge is -2.32. The van der Waals surface area contributed by atoms with Crippen molar-refractivity contribution in [1.82, 2.24) is 5.32 Å². The molecule has 0 bridgehead atoms. The van der Waals surface area contributed by atoms with Crippen LogP contribution in [0.15, 0.2) is 22.7 Å². The van der Waals surface area contributed by atoms with Gasteiger partial charge in [0.2, 0.25) is 5.91 Å². The van der Waals surface area contributed by atoms with Gasteiger partial charge in [0.15, 0.2) is 0 Å². The van der Waals surface area contributed by atoms with Gasteiger partial charge in [-0.1, -0.05) is 15.9 Å². The summed E-state index contributed by atoms with van der Waals surface area (Å²) in [5.41, 5.74) is 1.90. The molecule has 2 rings (SSSR count). The van der Waals surface area contributed by atoms with E-state index in [2.05, 4.69) is 21.2 Å². The number of aryl methyl sites for hydroxylation is 1. The van der Waals surface area contributed by atoms with E-state index in [0.29, 0.717) is 0 Å². The lowest BCUT2D eigenvalue weighted by Crippen LogP contribution is -2.57. The fourth-order valence-corrected chi connectivity index (χ4v) is 2.15. The van der Waals surface area contributed by atoms with E-state index in [0.717, 1.165) is 15.7 Å². The van der Waals surface area contributed by atoms with Crippen molar-refractivity contribution >= 4 is 33.5 Å². The molecule has 5 nitrogen and oxygen atoms in total. The van der Waals surface area contributed by atoms with Crippen LogP contribution in [0.25, 0.3) is 0 Å². The maximum Gasteiger partial charge on any atom is 0.328 e. The van der Waals surface area contributed by atoms with Crippen LogP contribution >= 0.6 is 15.9 Å². The first-order valence-electron chi connectivity index (χ1n) is 5.50. The van der Waals surface area contributed by atoms with E-state index in [1.165, 1.54) is 0 Å². The molecule has 1 heterocycles. The van der Waals surface area contributed by atoms with E-state index >= 15 is 0 Å². The van der Waals surface area contributed by atoms with Crippen LogP contribution in [0.5, 0.6) is 0 Å². The van der Waals surface area contributed by atoms with Crippen molar-refractivity contribution in [1.29, 1.82) is 0 Å². The number of piperazine rings is 1. The average Bonchev–Trinajstić information content (AvgIpc) is 2.31. The maximum absolute atomic E-state index is 11.5. The lowest BCUT2D eigenvalue weighted by molar-refractivity contribution is -0.142. The topological polar surface area (TPSA) is 69.6 Å². The first-order valence-corrected chi connectivity index (χ1v) is 6.30. The average molecular weight is 313 g/mol. The number of carboxylic acid groups (broad SMARTS) is 1. The number of benzene rings is 1. The Morgan fingerprint density at radius 1 is 1.56 bits per heavy atom. The number of anilines is 1. The predicted molar refractivity (Wildman–Crippen MR) is 70.7 cm³/mol. The third-order valence-electron chi connectivity index (χ3n) is 2.88. The number of carbonyl (C=O) groups excluding carboxylic acids is 1. The fourth-order valence-electron chi connectivity index (χ4n) is 1.91. The minimum atomic E-state index is -1.01. The quantitative estimate of drug-likeness (QED) is 0.859. The van der Waals surface area contributed by atoms with E-state index in [1.54, 1.807) is 4.90 Å². The van der Waals surface area contributed by atoms with Crippen LogP contribution in [0.4, 0.5) is 5.69 Å². The molecule has 1 aromatic rings. The highest BCUT2D eigenvalue weighted by atomic mass is 79.9. The van der Waals surface area contributed by atoms with Gasteiger partial charge in [0.25, 0.3) is 0 Å². The molecule has 2 N–H and O–H groups in total. The molecule has 1 unspecified atom stereocenters. The molecule has 1 aromatic carbocycles. The number of carboxylic acids is 1. The van der Waals surface area contributed by atoms with Crippen LogP contribution in [0, 0.1) is 6.92 Å². The number of hydrogen-bond donors (Lipinski definition) is 2. The summed E-state index contributed by atoms with van der Waals surface area (Å²) < 4.78 is 0.988. The van der Waals surface area contributed by atoms with Gasteiger partial charge in [-0.3, -0.25) is 4.79 Å². The molecule has 0 aliphatic carbocycles. The highest BCUT2D eigenvalue weighted by Gasteiger charge is 2.29. The fraction of sp³-hybridized carbons (Fsp3) is 0.333. The van der Waals surface area contributed by atoms with Crippen molar-refractivity contribution in [2.24, 2.45) is 0 Å². The van der Waals surface area contributed by atoms with Gasteiger partial charge in [-0.25, -0.2) is 4.79 Å². The molecule has 0 aromatic heterocycles. The zero-order valence-electron chi connectivity index (χ0n) is 9.81. The van der Waals surface area contributed by atoms with Crippen molar-refractivity contribution in [3.05, 3.63) is 28.2 Å². The minimum Gasteiger partial charge on any atom is -0.480 e. The summed E-state index contributed by atoms with van der Waals surface area (Å²) in [6, 6.07) is 4.85. The normalized spacial score (nSPS) is 19.6. The first kappa shape index (κ1) is 12.9. The molecule has 1 aliphatic rings. The van der Waals surface area contributed by atoms with E-state index in [4.69, 9.17) is 5.11 Å². The van der Waals surface area contributed by atoms with Crippen molar-refractivity contribution in [2.75, 3.05) is 18.0 Å². The Balaban J connectivity index is 2.23. The summed E-state index contributed by atoms with van der Waals surface area (Å²) in [6.45, 7) is 2.42. The van der Waals surface area contributed by atoms with Crippen molar-refractivity contribution < 1.29 is 14.7 Å². The largest absolute Gasteiger partial charge is 0.480 e. The van der Waals surface area contributed by atoms with E-state index in [9.17, 15) is 9.59 Å². The van der Waals surface area contributed by atoms with E-state index in [-0.39, 0.29) is 19.0 Å². The smallest absolute Gasteiger partial charge is 0.328 e. The van der Waals surface area contributed by atoms with Crippen LogP contribution in [0.1, 0.15) is 5.56 Å². The number of nitrogens with one attached hydrogen (secondary N) is 1. The maximum atomic E-state index is 11.5. The summed E-state index contributed by atoms with van der Waals surface area (Å²) in [5.74, 6) is -1.28. The van der Waals surface area contributed by atoms with Gasteiger partial charge in [0, 0.05) is 16.7 Å². The summed E-state index contributed by atoms with van der Waals surface area (Å²) in [5, 5.41) is 11.4. The molecule has 1 saturated heterocycles. The van der Waals surface area contributed by atoms with Crippen LogP contribution in [-0.4, -0.2) is 36.1 Å². The molecule has 1 amide bonds. The summed E-state index contributed by atoms with van der Waals surface area (Å²) in [6.07, 6.45) is 0. The van der Waals surface area contributed by atoms with E-state index in [1.807, 2.05) is 25.1 Å². The second kappa shape index (κ2) is 4.97. The minimum absolute atomic E-state index is 0.185. The summed E-state index contributed by atoms with van der Waals surface area (Å²) >= 11 is 3.41. The van der Waals surface area contributed by atoms with Gasteiger partial charge in [0.05, 0.1) is 6.54 Å². The number of amides is 1. The van der Waals surface area contributed by atoms with Crippen LogP contribution < -0.4 is 10.2 Å². The third kappa shape index (κ3) is 2.64. The number of carbonyl (C=O) groups is 2. The molecule has 1 aliphatic heterocycles. The molecule has 96 valence electrons. The first-order chi connectivity index (χ1) is 8.47. The number of nitrogens with zero attached hydrogens (tertiary/aromatic N) is 1. The van der Waals surface area contributed by atoms with Crippen LogP contribution in [-0.2, 0) is 9.59 Å². The molecule has 18 heavy (non-hydrogen) atoms. The SMILES string of the molecule is Cc1cc(N2CC(=O)NC(C(=O)O)C2)ccc1Br. The Morgan fingerprint density at radius 3 is 2.89 bits per heavy atom. The number of rotatable bonds is 2. The van der Waals surface area contributed by atoms with Gasteiger partial charge < -0.3 is 15.3 Å². The Hall–Kier alpha value is -1.56. The highest BCUT2D eigenvalue weighted by Crippen LogP contribution is 2.23. The third-order valence-corrected chi connectivity index (χ3v) is 3.77. The summed E-state index contributed by atoms with van der Waals surface area (Å²) in [7, 11) is 0. The van der Waals surface area contributed by atoms with Crippen molar-refractivity contribution in [3.8, 4) is 0 Å². The van der Waals surface area contributed by atoms with Gasteiger partial charge >= 0.3 is 5.97 Å². The van der Waals surface area contributed by atoms with Gasteiger partial charge in [0.1, 0.15) is 6.04 Å². The molecule has 1 fully saturated rings. The molecule has 0 saturated carbocycles. The van der Waals surface area contributed by atoms with Crippen LogP contribution in [0.3, 0.4) is 0 Å². The Morgan fingerprint density at radius 2 is 2.28 bits per heavy atom. The second-order valence-corrected chi connectivity index (χ2v) is 5.13. The summed E-state index contributed by atoms with van der Waals surface area (Å²) in [4.78, 5) is 24.2. The number of hydrogen-bond acceptors (Lipinski definition) is 3. The molecular weight excluding hydrogens is 300 g/mol. The zero-order chi connectivity index (χ0) is 13.3. The van der Waals surface area contributed by atoms with Crippen molar-refractivity contribution in [2.45, 2.75) is 13.0 Å². The standard InChI is InChI=1S/C12H13BrN2O3/c1-7-4-8(2-3-9(7)13)15-5-10(12(17)18)14-11(16)6-15/h2-4,10H,5-6H2,1H3,(H,14,16)(H,17,18). The van der Waals surface area contributed by atoms with E-state index < -0.39 is 12.0 Å². The predicted octanol–water partition coefficient (Wildman–Crippen LogP) is 1.15. The molecule has 0 spiro atoms. The van der Waals surface area contributed by atoms with Crippen molar-refractivity contribution in [3.63, 3.8) is 0 Å². The van der Waals surface area contributed by atoms with Crippen LogP contribution in [0.2, 0.25) is 0 Å². The number of aliphatic carboxylic acids is 1. The second-order valence-electron chi connectivity index (χ2n) is 4.27. The number of halogens is 1. The Kier molecular flexibility index (Phi) is 3.56. The molecule has 6 heteroatoms. The molecule has 0 radical (unpaired) electrons. The molecule has 1 atom stereocenters. The highest BCUT2D eigenvalue weighted by molar-refractivity contribution is 9.10. The zero-order valence-corrected chi connectivity index (χ0v) is 11.4. The monoisotopic (exact) mass is 312 g/mol. The van der Waals surface area contributed by atoms with Gasteiger partial charge in [-0.2, -0.15) is 0 Å². The molecular formula is C12H13BrN2O3. The lowest BCUT2D eigenvalue weighted by atomic mass is 10.1.